The van der Waals surface area contributed by atoms with E-state index in [1.54, 1.807) is 0 Å². The Labute approximate surface area is 169 Å². The maximum atomic E-state index is 12.6. The van der Waals surface area contributed by atoms with Gasteiger partial charge in [-0.1, -0.05) is 0 Å². The van der Waals surface area contributed by atoms with Crippen LogP contribution in [0, 0.1) is 0 Å². The third kappa shape index (κ3) is 7.56. The molecule has 0 aromatic heterocycles. The Morgan fingerprint density at radius 3 is 2.41 bits per heavy atom. The van der Waals surface area contributed by atoms with Gasteiger partial charge in [-0.15, -0.1) is 0 Å². The molecular formula is C17H31N7O5. The number of carboxylic acid groups (broad SMARTS) is 1. The second-order valence-electron chi connectivity index (χ2n) is 7.06. The molecule has 0 unspecified atom stereocenters. The number of aliphatic carboxylic acids is 1. The lowest BCUT2D eigenvalue weighted by atomic mass is 10.1. The summed E-state index contributed by atoms with van der Waals surface area (Å²) in [6.07, 6.45) is 1.51. The average molecular weight is 413 g/mol. The predicted octanol–water partition coefficient (Wildman–Crippen LogP) is -2.55. The Bertz CT molecular complexity index is 648. The standard InChI is InChI=1S/C17H31N7O5/c1-9(18)13(25)22-10(2)15(27)24-8-4-6-12(24)14(26)23-11(16(28)29)5-3-7-21-17(19)20/h9-12H,3-8,18H2,1-2H3,(H,22,25)(H,23,26)(H,28,29)(H4,19,20,21)/t9-,10-,11-,12-/m0/s1. The number of nitrogens with zero attached hydrogens (tertiary/aromatic N) is 2. The molecule has 0 aliphatic carbocycles. The zero-order valence-electron chi connectivity index (χ0n) is 16.8. The molecule has 1 heterocycles. The quantitative estimate of drug-likeness (QED) is 0.127. The number of aliphatic imine (C=N–C) groups is 1. The zero-order chi connectivity index (χ0) is 22.1. The minimum atomic E-state index is -1.18. The van der Waals surface area contributed by atoms with Gasteiger partial charge in [0, 0.05) is 13.1 Å². The summed E-state index contributed by atoms with van der Waals surface area (Å²) in [6, 6.07) is -3.53. The number of hydrogen-bond donors (Lipinski definition) is 6. The van der Waals surface area contributed by atoms with Gasteiger partial charge < -0.3 is 37.8 Å². The van der Waals surface area contributed by atoms with Gasteiger partial charge in [-0.2, -0.15) is 0 Å². The van der Waals surface area contributed by atoms with E-state index in [-0.39, 0.29) is 18.9 Å². The molecule has 1 aliphatic rings. The fourth-order valence-electron chi connectivity index (χ4n) is 2.99. The van der Waals surface area contributed by atoms with Crippen LogP contribution >= 0.6 is 0 Å². The molecule has 1 saturated heterocycles. The summed E-state index contributed by atoms with van der Waals surface area (Å²) in [5.41, 5.74) is 15.9. The molecule has 12 nitrogen and oxygen atoms in total. The van der Waals surface area contributed by atoms with Crippen LogP contribution in [-0.2, 0) is 19.2 Å². The lowest BCUT2D eigenvalue weighted by Gasteiger charge is -2.28. The third-order valence-electron chi connectivity index (χ3n) is 4.54. The van der Waals surface area contributed by atoms with Crippen molar-refractivity contribution in [2.24, 2.45) is 22.2 Å². The Balaban J connectivity index is 2.70. The van der Waals surface area contributed by atoms with E-state index in [9.17, 15) is 24.3 Å². The van der Waals surface area contributed by atoms with E-state index < -0.39 is 47.9 Å². The molecule has 1 rings (SSSR count). The first kappa shape index (κ1) is 24.1. The highest BCUT2D eigenvalue weighted by atomic mass is 16.4. The number of likely N-dealkylation sites (tertiary alicyclic amines) is 1. The third-order valence-corrected chi connectivity index (χ3v) is 4.54. The van der Waals surface area contributed by atoms with Crippen molar-refractivity contribution in [1.29, 1.82) is 0 Å². The van der Waals surface area contributed by atoms with E-state index in [0.717, 1.165) is 0 Å². The van der Waals surface area contributed by atoms with Crippen LogP contribution in [0.2, 0.25) is 0 Å². The fraction of sp³-hybridized carbons (Fsp3) is 0.706. The molecule has 0 spiro atoms. The first-order chi connectivity index (χ1) is 13.5. The van der Waals surface area contributed by atoms with Crippen molar-refractivity contribution < 1.29 is 24.3 Å². The molecule has 0 radical (unpaired) electrons. The van der Waals surface area contributed by atoms with Gasteiger partial charge in [0.05, 0.1) is 6.04 Å². The van der Waals surface area contributed by atoms with Gasteiger partial charge in [0.15, 0.2) is 5.96 Å². The number of carbonyl (C=O) groups is 4. The van der Waals surface area contributed by atoms with Crippen LogP contribution in [-0.4, -0.2) is 76.9 Å². The van der Waals surface area contributed by atoms with Gasteiger partial charge in [0.1, 0.15) is 18.1 Å². The van der Waals surface area contributed by atoms with E-state index >= 15 is 0 Å². The summed E-state index contributed by atoms with van der Waals surface area (Å²) in [7, 11) is 0. The Hall–Kier alpha value is -2.89. The minimum Gasteiger partial charge on any atom is -0.480 e. The molecule has 4 atom stereocenters. The number of guanidine groups is 1. The highest BCUT2D eigenvalue weighted by molar-refractivity contribution is 5.94. The smallest absolute Gasteiger partial charge is 0.326 e. The summed E-state index contributed by atoms with van der Waals surface area (Å²) >= 11 is 0. The number of nitrogens with two attached hydrogens (primary N) is 3. The second-order valence-corrected chi connectivity index (χ2v) is 7.06. The van der Waals surface area contributed by atoms with Crippen LogP contribution in [0.25, 0.3) is 0 Å². The molecule has 0 bridgehead atoms. The van der Waals surface area contributed by atoms with Crippen LogP contribution in [0.15, 0.2) is 4.99 Å². The van der Waals surface area contributed by atoms with E-state index in [4.69, 9.17) is 17.2 Å². The summed E-state index contributed by atoms with van der Waals surface area (Å²) in [6.45, 7) is 3.60. The van der Waals surface area contributed by atoms with E-state index in [2.05, 4.69) is 15.6 Å². The predicted molar refractivity (Wildman–Crippen MR) is 105 cm³/mol. The number of carboxylic acids is 1. The average Bonchev–Trinajstić information content (AvgIpc) is 3.12. The molecule has 9 N–H and O–H groups in total. The summed E-state index contributed by atoms with van der Waals surface area (Å²) < 4.78 is 0. The molecule has 0 aromatic rings. The Morgan fingerprint density at radius 2 is 1.86 bits per heavy atom. The molecule has 12 heteroatoms. The van der Waals surface area contributed by atoms with Crippen molar-refractivity contribution in [1.82, 2.24) is 15.5 Å². The van der Waals surface area contributed by atoms with Crippen molar-refractivity contribution >= 4 is 29.7 Å². The van der Waals surface area contributed by atoms with E-state index in [1.165, 1.54) is 18.7 Å². The maximum absolute atomic E-state index is 12.6. The molecule has 29 heavy (non-hydrogen) atoms. The topological polar surface area (TPSA) is 206 Å². The fourth-order valence-corrected chi connectivity index (χ4v) is 2.99. The minimum absolute atomic E-state index is 0.0914. The highest BCUT2D eigenvalue weighted by Crippen LogP contribution is 2.19. The summed E-state index contributed by atoms with van der Waals surface area (Å²) in [5, 5.41) is 14.3. The van der Waals surface area contributed by atoms with Gasteiger partial charge in [-0.25, -0.2) is 4.79 Å². The molecule has 0 saturated carbocycles. The van der Waals surface area contributed by atoms with Crippen molar-refractivity contribution in [3.63, 3.8) is 0 Å². The highest BCUT2D eigenvalue weighted by Gasteiger charge is 2.37. The molecule has 1 fully saturated rings. The lowest BCUT2D eigenvalue weighted by Crippen LogP contribution is -2.55. The van der Waals surface area contributed by atoms with Crippen LogP contribution in [0.4, 0.5) is 0 Å². The van der Waals surface area contributed by atoms with Crippen LogP contribution < -0.4 is 27.8 Å². The first-order valence-corrected chi connectivity index (χ1v) is 9.49. The molecule has 1 aliphatic heterocycles. The normalized spacial score (nSPS) is 19.0. The van der Waals surface area contributed by atoms with Gasteiger partial charge in [-0.3, -0.25) is 19.4 Å². The van der Waals surface area contributed by atoms with Crippen molar-refractivity contribution in [3.05, 3.63) is 0 Å². The van der Waals surface area contributed by atoms with Gasteiger partial charge >= 0.3 is 5.97 Å². The molecule has 3 amide bonds. The number of carbonyl (C=O) groups excluding carboxylic acids is 3. The first-order valence-electron chi connectivity index (χ1n) is 9.49. The van der Waals surface area contributed by atoms with Crippen molar-refractivity contribution in [2.75, 3.05) is 13.1 Å². The number of hydrogen-bond acceptors (Lipinski definition) is 6. The lowest BCUT2D eigenvalue weighted by molar-refractivity contribution is -0.144. The largest absolute Gasteiger partial charge is 0.480 e. The number of rotatable bonds is 10. The van der Waals surface area contributed by atoms with Crippen LogP contribution in [0.5, 0.6) is 0 Å². The summed E-state index contributed by atoms with van der Waals surface area (Å²) in [5.74, 6) is -2.72. The monoisotopic (exact) mass is 413 g/mol. The Kier molecular flexibility index (Phi) is 9.32. The summed E-state index contributed by atoms with van der Waals surface area (Å²) in [4.78, 5) is 53.6. The van der Waals surface area contributed by atoms with E-state index in [0.29, 0.717) is 25.8 Å². The van der Waals surface area contributed by atoms with Crippen LogP contribution in [0.1, 0.15) is 39.5 Å². The number of amides is 3. The van der Waals surface area contributed by atoms with Gasteiger partial charge in [0.2, 0.25) is 17.7 Å². The zero-order valence-corrected chi connectivity index (χ0v) is 16.8. The second kappa shape index (κ2) is 11.2. The van der Waals surface area contributed by atoms with Crippen LogP contribution in [0.3, 0.4) is 0 Å². The SMILES string of the molecule is C[C@H](N)C(=O)N[C@@H](C)C(=O)N1CCC[C@H]1C(=O)N[C@@H](CCCN=C(N)N)C(=O)O. The Morgan fingerprint density at radius 1 is 1.21 bits per heavy atom. The van der Waals surface area contributed by atoms with E-state index in [1.807, 2.05) is 0 Å². The van der Waals surface area contributed by atoms with Gasteiger partial charge in [-0.05, 0) is 39.5 Å². The maximum Gasteiger partial charge on any atom is 0.326 e. The molecule has 164 valence electrons. The number of nitrogens with one attached hydrogen (secondary N) is 2. The van der Waals surface area contributed by atoms with Crippen molar-refractivity contribution in [2.45, 2.75) is 63.7 Å². The molecular weight excluding hydrogens is 382 g/mol. The van der Waals surface area contributed by atoms with Gasteiger partial charge in [0.25, 0.3) is 0 Å². The molecule has 0 aromatic carbocycles. The van der Waals surface area contributed by atoms with Crippen molar-refractivity contribution in [3.8, 4) is 0 Å².